The highest BCUT2D eigenvalue weighted by Gasteiger charge is 2.14. The topological polar surface area (TPSA) is 87.0 Å². The molecule has 7 nitrogen and oxygen atoms in total. The molecule has 0 amide bonds. The summed E-state index contributed by atoms with van der Waals surface area (Å²) in [5.74, 6) is 0.482. The van der Waals surface area contributed by atoms with E-state index in [9.17, 15) is 5.26 Å². The molecular weight excluding hydrogens is 340 g/mol. The molecule has 0 unspecified atom stereocenters. The lowest BCUT2D eigenvalue weighted by atomic mass is 10.1. The summed E-state index contributed by atoms with van der Waals surface area (Å²) in [5, 5.41) is 12.6. The van der Waals surface area contributed by atoms with Crippen LogP contribution in [0.4, 0.5) is 17.3 Å². The highest BCUT2D eigenvalue weighted by Crippen LogP contribution is 2.27. The van der Waals surface area contributed by atoms with Crippen LogP contribution in [0.2, 0.25) is 0 Å². The molecule has 1 aliphatic heterocycles. The number of benzene rings is 1. The van der Waals surface area contributed by atoms with E-state index in [4.69, 9.17) is 4.74 Å². The van der Waals surface area contributed by atoms with Crippen molar-refractivity contribution < 1.29 is 4.74 Å². The Labute approximate surface area is 157 Å². The van der Waals surface area contributed by atoms with Gasteiger partial charge in [-0.1, -0.05) is 0 Å². The fraction of sp³-hybridized carbons (Fsp3) is 0.200. The third-order valence-corrected chi connectivity index (χ3v) is 4.29. The molecule has 3 heterocycles. The van der Waals surface area contributed by atoms with Crippen LogP contribution in [0.3, 0.4) is 0 Å². The standard InChI is InChI=1S/C20H18N6O/c21-13-15-10-16(12-18(11-15)26-6-8-27-9-7-26)19-3-5-23-20(25-19)24-17-2-1-4-22-14-17/h1-5,10-12,14H,6-9H2,(H,23,24,25). The van der Waals surface area contributed by atoms with Gasteiger partial charge in [0.2, 0.25) is 5.95 Å². The minimum Gasteiger partial charge on any atom is -0.378 e. The molecule has 27 heavy (non-hydrogen) atoms. The van der Waals surface area contributed by atoms with E-state index < -0.39 is 0 Å². The van der Waals surface area contributed by atoms with E-state index in [-0.39, 0.29) is 0 Å². The lowest BCUT2D eigenvalue weighted by Crippen LogP contribution is -2.36. The average Bonchev–Trinajstić information content (AvgIpc) is 2.75. The summed E-state index contributed by atoms with van der Waals surface area (Å²) in [6.07, 6.45) is 5.13. The average molecular weight is 358 g/mol. The molecule has 0 radical (unpaired) electrons. The Hall–Kier alpha value is -3.50. The van der Waals surface area contributed by atoms with E-state index in [2.05, 4.69) is 37.3 Å². The summed E-state index contributed by atoms with van der Waals surface area (Å²) in [4.78, 5) is 15.2. The van der Waals surface area contributed by atoms with Crippen molar-refractivity contribution in [2.45, 2.75) is 0 Å². The van der Waals surface area contributed by atoms with Gasteiger partial charge < -0.3 is 15.0 Å². The number of ether oxygens (including phenoxy) is 1. The van der Waals surface area contributed by atoms with E-state index in [1.807, 2.05) is 30.3 Å². The molecule has 7 heteroatoms. The van der Waals surface area contributed by atoms with Crippen LogP contribution in [0.1, 0.15) is 5.56 Å². The smallest absolute Gasteiger partial charge is 0.227 e. The van der Waals surface area contributed by atoms with Crippen molar-refractivity contribution in [1.82, 2.24) is 15.0 Å². The molecule has 1 fully saturated rings. The lowest BCUT2D eigenvalue weighted by Gasteiger charge is -2.29. The normalized spacial score (nSPS) is 13.8. The molecular formula is C20H18N6O. The predicted molar refractivity (Wildman–Crippen MR) is 103 cm³/mol. The molecule has 0 aliphatic carbocycles. The van der Waals surface area contributed by atoms with Crippen LogP contribution in [0.15, 0.2) is 55.0 Å². The summed E-state index contributed by atoms with van der Waals surface area (Å²) < 4.78 is 5.42. The summed E-state index contributed by atoms with van der Waals surface area (Å²) in [7, 11) is 0. The fourth-order valence-corrected chi connectivity index (χ4v) is 2.97. The van der Waals surface area contributed by atoms with Crippen molar-refractivity contribution in [2.24, 2.45) is 0 Å². The summed E-state index contributed by atoms with van der Waals surface area (Å²) in [6, 6.07) is 13.6. The van der Waals surface area contributed by atoms with Crippen LogP contribution in [0.25, 0.3) is 11.3 Å². The van der Waals surface area contributed by atoms with E-state index in [0.717, 1.165) is 35.7 Å². The Kier molecular flexibility index (Phi) is 4.90. The van der Waals surface area contributed by atoms with Gasteiger partial charge in [0.05, 0.1) is 42.4 Å². The third-order valence-electron chi connectivity index (χ3n) is 4.29. The molecule has 3 aromatic rings. The molecule has 2 aromatic heterocycles. The van der Waals surface area contributed by atoms with Gasteiger partial charge in [0, 0.05) is 36.7 Å². The van der Waals surface area contributed by atoms with Gasteiger partial charge in [-0.05, 0) is 36.4 Å². The maximum absolute atomic E-state index is 9.44. The Morgan fingerprint density at radius 1 is 1.11 bits per heavy atom. The van der Waals surface area contributed by atoms with Crippen molar-refractivity contribution >= 4 is 17.3 Å². The van der Waals surface area contributed by atoms with Crippen LogP contribution in [0.5, 0.6) is 0 Å². The number of pyridine rings is 1. The first-order valence-electron chi connectivity index (χ1n) is 8.70. The number of aromatic nitrogens is 3. The monoisotopic (exact) mass is 358 g/mol. The molecule has 1 aliphatic rings. The van der Waals surface area contributed by atoms with Crippen molar-refractivity contribution in [3.63, 3.8) is 0 Å². The minimum atomic E-state index is 0.482. The Bertz CT molecular complexity index is 964. The zero-order chi connectivity index (χ0) is 18.5. The second kappa shape index (κ2) is 7.81. The van der Waals surface area contributed by atoms with Gasteiger partial charge in [-0.25, -0.2) is 9.97 Å². The van der Waals surface area contributed by atoms with Gasteiger partial charge in [-0.3, -0.25) is 4.98 Å². The van der Waals surface area contributed by atoms with Crippen LogP contribution >= 0.6 is 0 Å². The molecule has 4 rings (SSSR count). The highest BCUT2D eigenvalue weighted by molar-refractivity contribution is 5.69. The molecule has 1 N–H and O–H groups in total. The molecule has 0 spiro atoms. The molecule has 0 saturated carbocycles. The Morgan fingerprint density at radius 3 is 2.78 bits per heavy atom. The van der Waals surface area contributed by atoms with Crippen molar-refractivity contribution in [3.05, 3.63) is 60.6 Å². The first-order chi connectivity index (χ1) is 13.3. The summed E-state index contributed by atoms with van der Waals surface area (Å²) in [5.41, 5.74) is 4.06. The Morgan fingerprint density at radius 2 is 2.00 bits per heavy atom. The highest BCUT2D eigenvalue weighted by atomic mass is 16.5. The number of hydrogen-bond acceptors (Lipinski definition) is 7. The molecule has 0 bridgehead atoms. The van der Waals surface area contributed by atoms with E-state index >= 15 is 0 Å². The molecule has 1 aromatic carbocycles. The summed E-state index contributed by atoms with van der Waals surface area (Å²) in [6.45, 7) is 3.01. The van der Waals surface area contributed by atoms with Crippen molar-refractivity contribution in [2.75, 3.05) is 36.5 Å². The quantitative estimate of drug-likeness (QED) is 0.767. The van der Waals surface area contributed by atoms with Gasteiger partial charge >= 0.3 is 0 Å². The molecule has 0 atom stereocenters. The maximum Gasteiger partial charge on any atom is 0.227 e. The first kappa shape index (κ1) is 16.9. The number of rotatable bonds is 4. The fourth-order valence-electron chi connectivity index (χ4n) is 2.97. The third kappa shape index (κ3) is 4.02. The minimum absolute atomic E-state index is 0.482. The lowest BCUT2D eigenvalue weighted by molar-refractivity contribution is 0.122. The van der Waals surface area contributed by atoms with Crippen LogP contribution in [-0.2, 0) is 4.74 Å². The van der Waals surface area contributed by atoms with Crippen LogP contribution < -0.4 is 10.2 Å². The second-order valence-corrected chi connectivity index (χ2v) is 6.11. The van der Waals surface area contributed by atoms with Crippen molar-refractivity contribution in [1.29, 1.82) is 5.26 Å². The van der Waals surface area contributed by atoms with Gasteiger partial charge in [0.25, 0.3) is 0 Å². The number of morpholine rings is 1. The maximum atomic E-state index is 9.44. The number of nitrogens with one attached hydrogen (secondary N) is 1. The van der Waals surface area contributed by atoms with E-state index in [1.54, 1.807) is 18.6 Å². The van der Waals surface area contributed by atoms with Gasteiger partial charge in [0.1, 0.15) is 0 Å². The second-order valence-electron chi connectivity index (χ2n) is 6.11. The zero-order valence-electron chi connectivity index (χ0n) is 14.7. The van der Waals surface area contributed by atoms with Crippen LogP contribution in [-0.4, -0.2) is 41.3 Å². The number of nitrogens with zero attached hydrogens (tertiary/aromatic N) is 5. The van der Waals surface area contributed by atoms with E-state index in [0.29, 0.717) is 24.7 Å². The van der Waals surface area contributed by atoms with E-state index in [1.165, 1.54) is 0 Å². The Balaban J connectivity index is 1.66. The summed E-state index contributed by atoms with van der Waals surface area (Å²) >= 11 is 0. The molecule has 134 valence electrons. The zero-order valence-corrected chi connectivity index (χ0v) is 14.7. The number of anilines is 3. The predicted octanol–water partition coefficient (Wildman–Crippen LogP) is 2.99. The van der Waals surface area contributed by atoms with Crippen molar-refractivity contribution in [3.8, 4) is 17.3 Å². The van der Waals surface area contributed by atoms with Gasteiger partial charge in [-0.2, -0.15) is 5.26 Å². The SMILES string of the molecule is N#Cc1cc(-c2ccnc(Nc3cccnc3)n2)cc(N2CCOCC2)c1. The number of nitriles is 1. The van der Waals surface area contributed by atoms with Gasteiger partial charge in [0.15, 0.2) is 0 Å². The molecule has 1 saturated heterocycles. The largest absolute Gasteiger partial charge is 0.378 e. The van der Waals surface area contributed by atoms with Gasteiger partial charge in [-0.15, -0.1) is 0 Å². The van der Waals surface area contributed by atoms with Crippen LogP contribution in [0, 0.1) is 11.3 Å². The number of hydrogen-bond donors (Lipinski definition) is 1. The first-order valence-corrected chi connectivity index (χ1v) is 8.70.